The van der Waals surface area contributed by atoms with E-state index >= 15 is 0 Å². The molecule has 1 heterocycles. The highest BCUT2D eigenvalue weighted by molar-refractivity contribution is 5.46. The van der Waals surface area contributed by atoms with Crippen molar-refractivity contribution in [1.82, 2.24) is 9.97 Å². The number of anilines is 2. The number of hydrogen-bond acceptors (Lipinski definition) is 6. The van der Waals surface area contributed by atoms with Crippen molar-refractivity contribution in [3.05, 3.63) is 11.9 Å². The monoisotopic (exact) mass is 279 g/mol. The molecule has 6 nitrogen and oxygen atoms in total. The number of nitrogen functional groups attached to an aromatic ring is 1. The molecule has 1 aliphatic rings. The van der Waals surface area contributed by atoms with E-state index in [0.29, 0.717) is 24.9 Å². The van der Waals surface area contributed by atoms with Crippen molar-refractivity contribution in [3.8, 4) is 0 Å². The molecule has 6 heteroatoms. The minimum Gasteiger partial charge on any atom is -0.374 e. The van der Waals surface area contributed by atoms with Gasteiger partial charge in [0.15, 0.2) is 5.82 Å². The first-order valence-electron chi connectivity index (χ1n) is 7.48. The molecule has 0 aromatic carbocycles. The van der Waals surface area contributed by atoms with Crippen LogP contribution in [0.25, 0.3) is 0 Å². The highest BCUT2D eigenvalue weighted by Crippen LogP contribution is 2.27. The van der Waals surface area contributed by atoms with Gasteiger partial charge in [0.25, 0.3) is 0 Å². The number of ether oxygens (including phenoxy) is 1. The van der Waals surface area contributed by atoms with Crippen LogP contribution in [-0.4, -0.2) is 23.1 Å². The van der Waals surface area contributed by atoms with Crippen molar-refractivity contribution in [1.29, 1.82) is 0 Å². The fourth-order valence-corrected chi connectivity index (χ4v) is 2.62. The minimum atomic E-state index is 0.406. The normalized spacial score (nSPS) is 15.5. The molecule has 0 amide bonds. The summed E-state index contributed by atoms with van der Waals surface area (Å²) in [7, 11) is 0. The van der Waals surface area contributed by atoms with Crippen molar-refractivity contribution >= 4 is 11.6 Å². The molecular weight excluding hydrogens is 254 g/mol. The van der Waals surface area contributed by atoms with Crippen LogP contribution in [-0.2, 0) is 11.3 Å². The van der Waals surface area contributed by atoms with Crippen molar-refractivity contribution in [2.45, 2.75) is 45.6 Å². The molecule has 0 aliphatic heterocycles. The van der Waals surface area contributed by atoms with Gasteiger partial charge in [-0.2, -0.15) is 0 Å². The van der Waals surface area contributed by atoms with Crippen molar-refractivity contribution in [2.75, 3.05) is 23.9 Å². The molecule has 0 unspecified atom stereocenters. The summed E-state index contributed by atoms with van der Waals surface area (Å²) in [6, 6.07) is 1.82. The highest BCUT2D eigenvalue weighted by atomic mass is 16.5. The second-order valence-electron chi connectivity index (χ2n) is 5.20. The van der Waals surface area contributed by atoms with E-state index in [-0.39, 0.29) is 0 Å². The van der Waals surface area contributed by atoms with Gasteiger partial charge in [0.2, 0.25) is 0 Å². The largest absolute Gasteiger partial charge is 0.374 e. The Morgan fingerprint density at radius 3 is 2.75 bits per heavy atom. The topological polar surface area (TPSA) is 85.1 Å². The van der Waals surface area contributed by atoms with Crippen LogP contribution in [0, 0.1) is 5.92 Å². The average molecular weight is 279 g/mol. The molecule has 20 heavy (non-hydrogen) atoms. The van der Waals surface area contributed by atoms with Gasteiger partial charge in [-0.15, -0.1) is 0 Å². The molecule has 0 radical (unpaired) electrons. The number of rotatable bonds is 8. The maximum absolute atomic E-state index is 5.44. The Labute approximate surface area is 120 Å². The fraction of sp³-hybridized carbons (Fsp3) is 0.714. The van der Waals surface area contributed by atoms with Crippen LogP contribution in [0.3, 0.4) is 0 Å². The molecule has 0 saturated heterocycles. The Morgan fingerprint density at radius 1 is 1.30 bits per heavy atom. The number of nitrogens with two attached hydrogens (primary N) is 1. The summed E-state index contributed by atoms with van der Waals surface area (Å²) in [5, 5.41) is 3.36. The van der Waals surface area contributed by atoms with Crippen LogP contribution in [0.15, 0.2) is 6.07 Å². The second kappa shape index (κ2) is 8.01. The summed E-state index contributed by atoms with van der Waals surface area (Å²) in [6.07, 6.45) is 6.72. The minimum absolute atomic E-state index is 0.406. The Kier molecular flexibility index (Phi) is 6.01. The van der Waals surface area contributed by atoms with E-state index in [2.05, 4.69) is 20.7 Å². The quantitative estimate of drug-likeness (QED) is 0.500. The third-order valence-electron chi connectivity index (χ3n) is 3.69. The van der Waals surface area contributed by atoms with Crippen LogP contribution >= 0.6 is 0 Å². The Bertz CT molecular complexity index is 407. The maximum atomic E-state index is 5.44. The van der Waals surface area contributed by atoms with Crippen molar-refractivity contribution in [2.24, 2.45) is 11.8 Å². The summed E-state index contributed by atoms with van der Waals surface area (Å²) in [4.78, 5) is 8.70. The summed E-state index contributed by atoms with van der Waals surface area (Å²) < 4.78 is 5.34. The van der Waals surface area contributed by atoms with Gasteiger partial charge in [-0.3, -0.25) is 0 Å². The van der Waals surface area contributed by atoms with Gasteiger partial charge in [0, 0.05) is 19.2 Å². The Morgan fingerprint density at radius 2 is 2.05 bits per heavy atom. The number of nitrogens with one attached hydrogen (secondary N) is 2. The van der Waals surface area contributed by atoms with E-state index in [1.807, 2.05) is 13.0 Å². The molecular formula is C14H25N5O. The Balaban J connectivity index is 1.87. The molecule has 1 fully saturated rings. The molecule has 112 valence electrons. The smallest absolute Gasteiger partial charge is 0.158 e. The second-order valence-corrected chi connectivity index (χ2v) is 5.20. The molecule has 2 rings (SSSR count). The highest BCUT2D eigenvalue weighted by Gasteiger charge is 2.14. The van der Waals surface area contributed by atoms with Crippen LogP contribution in [0.1, 0.15) is 44.9 Å². The number of hydrazine groups is 1. The molecule has 0 spiro atoms. The Hall–Kier alpha value is -1.40. The maximum Gasteiger partial charge on any atom is 0.158 e. The van der Waals surface area contributed by atoms with Crippen LogP contribution in [0.4, 0.5) is 11.6 Å². The summed E-state index contributed by atoms with van der Waals surface area (Å²) >= 11 is 0. The van der Waals surface area contributed by atoms with Crippen molar-refractivity contribution in [3.63, 3.8) is 0 Å². The van der Waals surface area contributed by atoms with Crippen LogP contribution in [0.5, 0.6) is 0 Å². The molecule has 1 aromatic rings. The zero-order valence-corrected chi connectivity index (χ0v) is 12.2. The fourth-order valence-electron chi connectivity index (χ4n) is 2.62. The number of hydrogen-bond donors (Lipinski definition) is 3. The van der Waals surface area contributed by atoms with E-state index in [1.54, 1.807) is 0 Å². The lowest BCUT2D eigenvalue weighted by Gasteiger charge is -2.12. The molecule has 0 bridgehead atoms. The third kappa shape index (κ3) is 4.61. The van der Waals surface area contributed by atoms with Gasteiger partial charge >= 0.3 is 0 Å². The number of aromatic nitrogens is 2. The lowest BCUT2D eigenvalue weighted by Crippen LogP contribution is -2.14. The van der Waals surface area contributed by atoms with E-state index in [9.17, 15) is 0 Å². The lowest BCUT2D eigenvalue weighted by molar-refractivity contribution is 0.128. The van der Waals surface area contributed by atoms with Gasteiger partial charge in [0.05, 0.1) is 0 Å². The first-order chi connectivity index (χ1) is 9.81. The van der Waals surface area contributed by atoms with Gasteiger partial charge < -0.3 is 15.5 Å². The van der Waals surface area contributed by atoms with Gasteiger partial charge in [-0.1, -0.05) is 25.7 Å². The lowest BCUT2D eigenvalue weighted by atomic mass is 10.0. The van der Waals surface area contributed by atoms with E-state index in [1.165, 1.54) is 32.1 Å². The summed E-state index contributed by atoms with van der Waals surface area (Å²) in [5.41, 5.74) is 2.57. The van der Waals surface area contributed by atoms with Crippen LogP contribution in [0.2, 0.25) is 0 Å². The first-order valence-corrected chi connectivity index (χ1v) is 7.48. The van der Waals surface area contributed by atoms with Gasteiger partial charge in [-0.25, -0.2) is 15.8 Å². The predicted molar refractivity (Wildman–Crippen MR) is 80.2 cm³/mol. The molecule has 1 aromatic heterocycles. The molecule has 1 saturated carbocycles. The van der Waals surface area contributed by atoms with E-state index in [0.717, 1.165) is 18.3 Å². The SMILES string of the molecule is CCOCc1nc(NN)cc(NCCC2CCCC2)n1. The first kappa shape index (κ1) is 15.0. The van der Waals surface area contributed by atoms with Gasteiger partial charge in [0.1, 0.15) is 18.2 Å². The van der Waals surface area contributed by atoms with E-state index < -0.39 is 0 Å². The molecule has 0 atom stereocenters. The molecule has 1 aliphatic carbocycles. The third-order valence-corrected chi connectivity index (χ3v) is 3.69. The number of nitrogens with zero attached hydrogens (tertiary/aromatic N) is 2. The predicted octanol–water partition coefficient (Wildman–Crippen LogP) is 2.29. The van der Waals surface area contributed by atoms with Gasteiger partial charge in [-0.05, 0) is 19.3 Å². The standard InChI is InChI=1S/C14H25N5O/c1-2-20-10-14-17-12(9-13(18-14)19-15)16-8-7-11-5-3-4-6-11/h9,11H,2-8,10,15H2,1H3,(H2,16,17,18,19). The van der Waals surface area contributed by atoms with Crippen LogP contribution < -0.4 is 16.6 Å². The summed E-state index contributed by atoms with van der Waals surface area (Å²) in [5.74, 6) is 8.37. The van der Waals surface area contributed by atoms with E-state index in [4.69, 9.17) is 10.6 Å². The average Bonchev–Trinajstić information content (AvgIpc) is 2.98. The zero-order valence-electron chi connectivity index (χ0n) is 12.2. The zero-order chi connectivity index (χ0) is 14.2. The van der Waals surface area contributed by atoms with Crippen molar-refractivity contribution < 1.29 is 4.74 Å². The summed E-state index contributed by atoms with van der Waals surface area (Å²) in [6.45, 7) is 3.95. The molecule has 4 N–H and O–H groups in total.